The molecule has 1 spiro atoms. The average molecular weight is 853 g/mol. The van der Waals surface area contributed by atoms with Crippen LogP contribution in [0.15, 0.2) is 42.6 Å². The topological polar surface area (TPSA) is 218 Å². The Morgan fingerprint density at radius 3 is 2.35 bits per heavy atom. The van der Waals surface area contributed by atoms with Gasteiger partial charge in [0.05, 0.1) is 43.2 Å². The van der Waals surface area contributed by atoms with E-state index in [1.165, 1.54) is 18.2 Å². The zero-order chi connectivity index (χ0) is 44.0. The molecule has 2 aromatic carbocycles. The molecule has 18 nitrogen and oxygen atoms in total. The summed E-state index contributed by atoms with van der Waals surface area (Å²) in [5.74, 6) is -1.20. The van der Waals surface area contributed by atoms with Crippen LogP contribution in [0.3, 0.4) is 0 Å². The van der Waals surface area contributed by atoms with Gasteiger partial charge in [0.25, 0.3) is 35.4 Å². The van der Waals surface area contributed by atoms with Crippen LogP contribution in [0.1, 0.15) is 109 Å². The zero-order valence-electron chi connectivity index (χ0n) is 35.4. The molecule has 2 fully saturated rings. The molecular weight excluding hydrogens is 799 g/mol. The van der Waals surface area contributed by atoms with Crippen molar-refractivity contribution in [3.63, 3.8) is 0 Å². The third kappa shape index (κ3) is 8.82. The van der Waals surface area contributed by atoms with Crippen LogP contribution < -0.4 is 40.1 Å². The summed E-state index contributed by atoms with van der Waals surface area (Å²) in [6.07, 6.45) is 9.91. The number of hydrogen-bond donors (Lipinski definition) is 4. The molecule has 4 aliphatic rings. The lowest BCUT2D eigenvalue weighted by Crippen LogP contribution is -2.64. The van der Waals surface area contributed by atoms with Crippen molar-refractivity contribution in [2.24, 2.45) is 0 Å². The van der Waals surface area contributed by atoms with Crippen LogP contribution in [0.4, 0.5) is 23.1 Å². The fraction of sp³-hybridized carbons (Fsp3) is 0.477. The van der Waals surface area contributed by atoms with Crippen LogP contribution in [-0.4, -0.2) is 115 Å². The van der Waals surface area contributed by atoms with Gasteiger partial charge in [-0.3, -0.25) is 48.3 Å². The maximum Gasteiger partial charge on any atom is 0.285 e. The molecule has 0 bridgehead atoms. The number of methoxy groups -OCH3 is 1. The number of nitrogens with one attached hydrogen (secondary N) is 4. The molecule has 0 radical (unpaired) electrons. The second-order valence-corrected chi connectivity index (χ2v) is 16.1. The van der Waals surface area contributed by atoms with Crippen molar-refractivity contribution < 1.29 is 43.0 Å². The molecule has 2 atom stereocenters. The number of carbonyl (C=O) groups excluding carboxylic acids is 7. The summed E-state index contributed by atoms with van der Waals surface area (Å²) in [6.45, 7) is 4.40. The summed E-state index contributed by atoms with van der Waals surface area (Å²) in [4.78, 5) is 101. The van der Waals surface area contributed by atoms with Crippen LogP contribution in [0, 0.1) is 0 Å². The van der Waals surface area contributed by atoms with E-state index >= 15 is 0 Å². The molecule has 5 heterocycles. The van der Waals surface area contributed by atoms with Crippen molar-refractivity contribution in [1.29, 1.82) is 0 Å². The van der Waals surface area contributed by atoms with E-state index in [9.17, 15) is 33.6 Å². The Morgan fingerprint density at radius 2 is 1.65 bits per heavy atom. The SMILES string of the molecule is CC[C@@H]1C(=O)N(C)c2cnc(Nc3ccc(C(=O)NCCCCCCCCNC(=O)COc4cccc5c4C(=O)N(C4CCC(=O)NC4=O)C5=O)cc3OC)nc2[N+]12CCCC2. The Kier molecular flexibility index (Phi) is 13.4. The molecule has 0 saturated carbocycles. The smallest absolute Gasteiger partial charge is 0.285 e. The van der Waals surface area contributed by atoms with E-state index in [1.54, 1.807) is 43.5 Å². The van der Waals surface area contributed by atoms with Gasteiger partial charge in [0, 0.05) is 51.4 Å². The lowest BCUT2D eigenvalue weighted by Gasteiger charge is -2.45. The predicted molar refractivity (Wildman–Crippen MR) is 228 cm³/mol. The van der Waals surface area contributed by atoms with Crippen LogP contribution in [0.5, 0.6) is 11.5 Å². The molecule has 4 aliphatic heterocycles. The monoisotopic (exact) mass is 852 g/mol. The largest absolute Gasteiger partial charge is 0.495 e. The van der Waals surface area contributed by atoms with E-state index in [0.717, 1.165) is 87.3 Å². The average Bonchev–Trinajstić information content (AvgIpc) is 3.86. The van der Waals surface area contributed by atoms with Gasteiger partial charge in [0.2, 0.25) is 17.8 Å². The van der Waals surface area contributed by atoms with Crippen LogP contribution >= 0.6 is 0 Å². The number of quaternary nitrogens is 1. The summed E-state index contributed by atoms with van der Waals surface area (Å²) in [6, 6.07) is 8.41. The number of aromatic nitrogens is 2. The first kappa shape index (κ1) is 43.7. The Hall–Kier alpha value is -6.43. The number of unbranched alkanes of at least 4 members (excludes halogenated alkanes) is 5. The van der Waals surface area contributed by atoms with Crippen LogP contribution in [-0.2, 0) is 19.2 Å². The van der Waals surface area contributed by atoms with E-state index in [0.29, 0.717) is 40.5 Å². The molecule has 1 aromatic heterocycles. The Morgan fingerprint density at radius 1 is 0.919 bits per heavy atom. The highest BCUT2D eigenvalue weighted by atomic mass is 16.5. The number of anilines is 3. The van der Waals surface area contributed by atoms with Crippen LogP contribution in [0.2, 0.25) is 0 Å². The molecule has 4 N–H and O–H groups in total. The van der Waals surface area contributed by atoms with E-state index in [1.807, 2.05) is 0 Å². The van der Waals surface area contributed by atoms with Gasteiger partial charge in [-0.1, -0.05) is 38.7 Å². The van der Waals surface area contributed by atoms with E-state index in [2.05, 4.69) is 33.2 Å². The van der Waals surface area contributed by atoms with Crippen LogP contribution in [0.25, 0.3) is 0 Å². The molecule has 62 heavy (non-hydrogen) atoms. The fourth-order valence-electron chi connectivity index (χ4n) is 8.98. The van der Waals surface area contributed by atoms with Gasteiger partial charge in [-0.2, -0.15) is 4.98 Å². The maximum atomic E-state index is 13.3. The van der Waals surface area contributed by atoms with Crippen molar-refractivity contribution in [3.8, 4) is 11.5 Å². The number of fused-ring (bicyclic) bond motifs is 3. The van der Waals surface area contributed by atoms with Gasteiger partial charge >= 0.3 is 0 Å². The highest BCUT2D eigenvalue weighted by Gasteiger charge is 2.53. The second kappa shape index (κ2) is 19.1. The van der Waals surface area contributed by atoms with Gasteiger partial charge in [-0.25, -0.2) is 4.98 Å². The number of rotatable bonds is 18. The number of hydrogen-bond acceptors (Lipinski definition) is 12. The molecule has 7 amide bonds. The third-order valence-electron chi connectivity index (χ3n) is 12.2. The van der Waals surface area contributed by atoms with Gasteiger partial charge in [-0.05, 0) is 49.6 Å². The highest BCUT2D eigenvalue weighted by molar-refractivity contribution is 6.24. The minimum Gasteiger partial charge on any atom is -0.495 e. The molecule has 2 saturated heterocycles. The van der Waals surface area contributed by atoms with Gasteiger partial charge in [0.15, 0.2) is 12.6 Å². The van der Waals surface area contributed by atoms with Crippen molar-refractivity contribution in [3.05, 3.63) is 59.3 Å². The third-order valence-corrected chi connectivity index (χ3v) is 12.2. The number of carbonyl (C=O) groups is 7. The number of likely N-dealkylation sites (N-methyl/N-ethyl adjacent to an activating group) is 1. The first-order valence-corrected chi connectivity index (χ1v) is 21.5. The summed E-state index contributed by atoms with van der Waals surface area (Å²) in [5.41, 5.74) is 1.88. The molecule has 7 rings (SSSR count). The molecule has 18 heteroatoms. The van der Waals surface area contributed by atoms with E-state index in [4.69, 9.17) is 14.5 Å². The first-order valence-electron chi connectivity index (χ1n) is 21.5. The van der Waals surface area contributed by atoms with Crippen molar-refractivity contribution in [2.45, 2.75) is 89.6 Å². The summed E-state index contributed by atoms with van der Waals surface area (Å²) < 4.78 is 11.8. The minimum atomic E-state index is -1.10. The van der Waals surface area contributed by atoms with Gasteiger partial charge in [0.1, 0.15) is 23.2 Å². The molecular formula is C44H54N9O9+. The fourth-order valence-corrected chi connectivity index (χ4v) is 8.98. The Labute approximate surface area is 359 Å². The number of nitrogens with zero attached hydrogens (tertiary/aromatic N) is 5. The quantitative estimate of drug-likeness (QED) is 0.0818. The second-order valence-electron chi connectivity index (χ2n) is 16.1. The van der Waals surface area contributed by atoms with Gasteiger partial charge in [-0.15, -0.1) is 0 Å². The lowest BCUT2D eigenvalue weighted by atomic mass is 10.0. The number of piperidine rings is 1. The number of amides is 7. The molecule has 0 aliphatic carbocycles. The minimum absolute atomic E-state index is 0.00841. The lowest BCUT2D eigenvalue weighted by molar-refractivity contribution is -0.136. The Bertz CT molecular complexity index is 2260. The van der Waals surface area contributed by atoms with Gasteiger partial charge < -0.3 is 30.3 Å². The normalized spacial score (nSPS) is 19.0. The van der Waals surface area contributed by atoms with E-state index < -0.39 is 29.7 Å². The van der Waals surface area contributed by atoms with Crippen molar-refractivity contribution in [1.82, 2.24) is 35.3 Å². The Balaban J connectivity index is 0.789. The number of ether oxygens (including phenoxy) is 2. The maximum absolute atomic E-state index is 13.3. The predicted octanol–water partition coefficient (Wildman–Crippen LogP) is 3.75. The van der Waals surface area contributed by atoms with E-state index in [-0.39, 0.29) is 60.1 Å². The summed E-state index contributed by atoms with van der Waals surface area (Å²) >= 11 is 0. The standard InChI is InChI=1S/C44H53N9O9/c1-4-32-42(59)51(2)31-25-47-44(50-38(31)53(32)22-11-12-23-53)48-29-17-16-27(24-34(29)61-3)39(56)46-21-10-8-6-5-7-9-20-45-36(55)26-62-33-15-13-14-28-37(33)43(60)52(41(28)58)30-18-19-35(54)49-40(30)57/h13-17,24-25,30,32H,4-12,18-23,26H2,1-3H3,(H3-,45,46,47,48,49,50,54,55,56,57)/p+1/t30?,32-/m1/s1. The molecule has 328 valence electrons. The number of benzene rings is 2. The highest BCUT2D eigenvalue weighted by Crippen LogP contribution is 2.44. The van der Waals surface area contributed by atoms with Crippen molar-refractivity contribution >= 4 is 64.5 Å². The summed E-state index contributed by atoms with van der Waals surface area (Å²) in [7, 11) is 3.33. The summed E-state index contributed by atoms with van der Waals surface area (Å²) in [5, 5.41) is 11.2. The zero-order valence-corrected chi connectivity index (χ0v) is 35.4. The number of imide groups is 2. The molecule has 1 unspecified atom stereocenters. The first-order chi connectivity index (χ1) is 30.0. The molecule has 3 aromatic rings. The van der Waals surface area contributed by atoms with Crippen molar-refractivity contribution in [2.75, 3.05) is 57.2 Å².